The molecule has 37 heavy (non-hydrogen) atoms. The Morgan fingerprint density at radius 3 is 2.41 bits per heavy atom. The molecule has 1 fully saturated rings. The second kappa shape index (κ2) is 13.9. The molecule has 0 radical (unpaired) electrons. The van der Waals surface area contributed by atoms with Crippen molar-refractivity contribution in [3.63, 3.8) is 0 Å². The van der Waals surface area contributed by atoms with E-state index in [-0.39, 0.29) is 18.8 Å². The second-order valence-corrected chi connectivity index (χ2v) is 14.0. The summed E-state index contributed by atoms with van der Waals surface area (Å²) in [5.74, 6) is -0.460. The minimum Gasteiger partial charge on any atom is -0.465 e. The summed E-state index contributed by atoms with van der Waals surface area (Å²) in [6.45, 7) is 4.93. The minimum atomic E-state index is -3.52. The van der Waals surface area contributed by atoms with E-state index in [4.69, 9.17) is 9.84 Å². The van der Waals surface area contributed by atoms with E-state index < -0.39 is 56.7 Å². The number of benzene rings is 1. The maximum Gasteiger partial charge on any atom is 0.408 e. The summed E-state index contributed by atoms with van der Waals surface area (Å²) in [6.07, 6.45) is 1.54. The van der Waals surface area contributed by atoms with Gasteiger partial charge in [0.2, 0.25) is 5.91 Å². The van der Waals surface area contributed by atoms with Crippen LogP contribution in [0, 0.1) is 5.92 Å². The van der Waals surface area contributed by atoms with Crippen LogP contribution in [0.1, 0.15) is 52.0 Å². The van der Waals surface area contributed by atoms with Gasteiger partial charge in [0, 0.05) is 12.1 Å². The highest BCUT2D eigenvalue weighted by Crippen LogP contribution is 2.30. The molecule has 1 aliphatic carbocycles. The summed E-state index contributed by atoms with van der Waals surface area (Å²) >= 11 is 1.53. The molecule has 4 atom stereocenters. The molecule has 0 spiro atoms. The maximum absolute atomic E-state index is 13.2. The lowest BCUT2D eigenvalue weighted by atomic mass is 9.82. The van der Waals surface area contributed by atoms with Crippen LogP contribution in [-0.4, -0.2) is 72.3 Å². The van der Waals surface area contributed by atoms with Crippen molar-refractivity contribution < 1.29 is 32.6 Å². The lowest BCUT2D eigenvalue weighted by Gasteiger charge is -2.38. The van der Waals surface area contributed by atoms with E-state index in [0.717, 1.165) is 5.56 Å². The molecule has 1 aromatic carbocycles. The number of hydrogen-bond donors (Lipinski definition) is 4. The first-order valence-electron chi connectivity index (χ1n) is 12.3. The lowest BCUT2D eigenvalue weighted by molar-refractivity contribution is -0.124. The fourth-order valence-corrected chi connectivity index (χ4v) is 6.07. The van der Waals surface area contributed by atoms with E-state index >= 15 is 0 Å². The molecule has 0 heterocycles. The van der Waals surface area contributed by atoms with E-state index in [9.17, 15) is 22.8 Å². The Hall–Kier alpha value is -2.47. The van der Waals surface area contributed by atoms with Gasteiger partial charge in [0.05, 0.1) is 10.5 Å². The summed E-state index contributed by atoms with van der Waals surface area (Å²) in [7, 11) is -3.52. The van der Waals surface area contributed by atoms with E-state index in [2.05, 4.69) is 16.0 Å². The fourth-order valence-electron chi connectivity index (χ4n) is 4.17. The third-order valence-corrected chi connectivity index (χ3v) is 9.81. The van der Waals surface area contributed by atoms with Gasteiger partial charge in [-0.1, -0.05) is 30.3 Å². The van der Waals surface area contributed by atoms with Crippen molar-refractivity contribution in [2.45, 2.75) is 75.9 Å². The van der Waals surface area contributed by atoms with Crippen LogP contribution in [0.25, 0.3) is 0 Å². The number of thioether (sulfide) groups is 1. The number of carboxylic acid groups (broad SMARTS) is 1. The predicted molar refractivity (Wildman–Crippen MR) is 144 cm³/mol. The average Bonchev–Trinajstić information content (AvgIpc) is 2.81. The second-order valence-electron chi connectivity index (χ2n) is 10.3. The van der Waals surface area contributed by atoms with Crippen molar-refractivity contribution >= 4 is 39.7 Å². The molecule has 208 valence electrons. The number of amides is 3. The number of carbonyl (C=O) groups is 3. The SMILES string of the molecule is CSCCC(NC(=O)OCc1ccccc1)C(=O)NC1CCC(NC(=O)O)CC1CS(=O)(=O)C(C)(C)C. The number of sulfone groups is 1. The van der Waals surface area contributed by atoms with Crippen molar-refractivity contribution in [1.29, 1.82) is 0 Å². The molecule has 12 heteroatoms. The highest BCUT2D eigenvalue weighted by atomic mass is 32.2. The summed E-state index contributed by atoms with van der Waals surface area (Å²) in [4.78, 5) is 36.8. The van der Waals surface area contributed by atoms with Gasteiger partial charge in [0.15, 0.2) is 9.84 Å². The van der Waals surface area contributed by atoms with Crippen LogP contribution in [0.4, 0.5) is 9.59 Å². The van der Waals surface area contributed by atoms with Crippen LogP contribution in [-0.2, 0) is 26.0 Å². The lowest BCUT2D eigenvalue weighted by Crippen LogP contribution is -2.55. The van der Waals surface area contributed by atoms with Crippen LogP contribution in [0.15, 0.2) is 30.3 Å². The van der Waals surface area contributed by atoms with Gasteiger partial charge in [0.1, 0.15) is 12.6 Å². The van der Waals surface area contributed by atoms with Crippen molar-refractivity contribution in [3.8, 4) is 0 Å². The van der Waals surface area contributed by atoms with Crippen LogP contribution in [0.3, 0.4) is 0 Å². The molecule has 0 aromatic heterocycles. The van der Waals surface area contributed by atoms with Gasteiger partial charge >= 0.3 is 12.2 Å². The quantitative estimate of drug-likeness (QED) is 0.324. The van der Waals surface area contributed by atoms with Gasteiger partial charge < -0.3 is 25.8 Å². The van der Waals surface area contributed by atoms with Gasteiger partial charge in [-0.2, -0.15) is 11.8 Å². The number of carbonyl (C=O) groups excluding carboxylic acids is 2. The van der Waals surface area contributed by atoms with E-state index in [1.165, 1.54) is 11.8 Å². The smallest absolute Gasteiger partial charge is 0.408 e. The number of rotatable bonds is 11. The van der Waals surface area contributed by atoms with E-state index in [0.29, 0.717) is 25.0 Å². The zero-order chi connectivity index (χ0) is 27.6. The molecule has 0 aliphatic heterocycles. The zero-order valence-corrected chi connectivity index (χ0v) is 23.5. The molecular formula is C25H39N3O7S2. The van der Waals surface area contributed by atoms with Crippen molar-refractivity contribution in [3.05, 3.63) is 35.9 Å². The Morgan fingerprint density at radius 1 is 1.14 bits per heavy atom. The molecule has 3 amide bonds. The van der Waals surface area contributed by atoms with E-state index in [1.807, 2.05) is 36.6 Å². The molecule has 0 saturated heterocycles. The Balaban J connectivity index is 2.10. The first-order valence-corrected chi connectivity index (χ1v) is 15.3. The standard InChI is InChI=1S/C25H39N3O7S2/c1-25(2,3)37(33,34)16-18-14-19(26-23(30)31)10-11-20(18)27-22(29)21(12-13-36-4)28-24(32)35-15-17-8-6-5-7-9-17/h5-9,18-21,26H,10-16H2,1-4H3,(H,27,29)(H,28,32)(H,30,31). The zero-order valence-electron chi connectivity index (χ0n) is 21.9. The van der Waals surface area contributed by atoms with Crippen molar-refractivity contribution in [2.24, 2.45) is 5.92 Å². The molecule has 1 aromatic rings. The maximum atomic E-state index is 13.2. The summed E-state index contributed by atoms with van der Waals surface area (Å²) in [5, 5.41) is 17.2. The van der Waals surface area contributed by atoms with Gasteiger partial charge in [-0.3, -0.25) is 4.79 Å². The summed E-state index contributed by atoms with van der Waals surface area (Å²) in [6, 6.07) is 7.45. The highest BCUT2D eigenvalue weighted by molar-refractivity contribution is 7.98. The van der Waals surface area contributed by atoms with Gasteiger partial charge in [-0.05, 0) is 69.9 Å². The van der Waals surface area contributed by atoms with Crippen LogP contribution in [0.5, 0.6) is 0 Å². The number of alkyl carbamates (subject to hydrolysis) is 1. The first kappa shape index (κ1) is 30.8. The first-order chi connectivity index (χ1) is 17.3. The number of ether oxygens (including phenoxy) is 1. The van der Waals surface area contributed by atoms with Crippen LogP contribution < -0.4 is 16.0 Å². The Bertz CT molecular complexity index is 1010. The molecular weight excluding hydrogens is 518 g/mol. The molecule has 4 N–H and O–H groups in total. The molecule has 2 rings (SSSR count). The molecule has 10 nitrogen and oxygen atoms in total. The van der Waals surface area contributed by atoms with Crippen molar-refractivity contribution in [2.75, 3.05) is 17.8 Å². The molecule has 4 unspecified atom stereocenters. The largest absolute Gasteiger partial charge is 0.465 e. The Kier molecular flexibility index (Phi) is 11.5. The monoisotopic (exact) mass is 557 g/mol. The summed E-state index contributed by atoms with van der Waals surface area (Å²) in [5.41, 5.74) is 0.817. The fraction of sp³-hybridized carbons (Fsp3) is 0.640. The molecule has 1 aliphatic rings. The third kappa shape index (κ3) is 10.1. The molecule has 1 saturated carbocycles. The topological polar surface area (TPSA) is 151 Å². The highest BCUT2D eigenvalue weighted by Gasteiger charge is 2.39. The van der Waals surface area contributed by atoms with Crippen LogP contribution >= 0.6 is 11.8 Å². The summed E-state index contributed by atoms with van der Waals surface area (Å²) < 4.78 is 30.2. The minimum absolute atomic E-state index is 0.0663. The van der Waals surface area contributed by atoms with Crippen molar-refractivity contribution in [1.82, 2.24) is 16.0 Å². The van der Waals surface area contributed by atoms with Gasteiger partial charge in [-0.25, -0.2) is 18.0 Å². The van der Waals surface area contributed by atoms with Gasteiger partial charge in [0.25, 0.3) is 0 Å². The Labute approximate surface area is 223 Å². The number of hydrogen-bond acceptors (Lipinski definition) is 7. The average molecular weight is 558 g/mol. The van der Waals surface area contributed by atoms with Gasteiger partial charge in [-0.15, -0.1) is 0 Å². The molecule has 0 bridgehead atoms. The van der Waals surface area contributed by atoms with E-state index in [1.54, 1.807) is 20.8 Å². The van der Waals surface area contributed by atoms with Crippen LogP contribution in [0.2, 0.25) is 0 Å². The number of nitrogens with one attached hydrogen (secondary N) is 3. The third-order valence-electron chi connectivity index (χ3n) is 6.44. The normalized spacial score (nSPS) is 20.9. The Morgan fingerprint density at radius 2 is 1.81 bits per heavy atom. The predicted octanol–water partition coefficient (Wildman–Crippen LogP) is 3.17.